The zero-order chi connectivity index (χ0) is 7.95. The Labute approximate surface area is 73.7 Å². The summed E-state index contributed by atoms with van der Waals surface area (Å²) in [6.45, 7) is 0. The van der Waals surface area contributed by atoms with Gasteiger partial charge in [0.15, 0.2) is 0 Å². The fourth-order valence-corrected chi connectivity index (χ4v) is 2.95. The lowest BCUT2D eigenvalue weighted by Gasteiger charge is -2.28. The molecule has 0 amide bonds. The Hall–Kier alpha value is 0.354. The van der Waals surface area contributed by atoms with E-state index in [1.54, 1.807) is 0 Å². The van der Waals surface area contributed by atoms with Gasteiger partial charge in [-0.3, -0.25) is 0 Å². The molecule has 0 aromatic heterocycles. The van der Waals surface area contributed by atoms with Crippen molar-refractivity contribution in [3.05, 3.63) is 0 Å². The highest BCUT2D eigenvalue weighted by Gasteiger charge is 2.68. The minimum atomic E-state index is -0.0239. The van der Waals surface area contributed by atoms with Crippen molar-refractivity contribution in [1.29, 1.82) is 0 Å². The number of hydrogen-bond donors (Lipinski definition) is 0. The van der Waals surface area contributed by atoms with Crippen molar-refractivity contribution in [2.75, 3.05) is 0 Å². The largest absolute Gasteiger partial charge is 0.410 e. The van der Waals surface area contributed by atoms with Crippen molar-refractivity contribution in [1.82, 2.24) is 0 Å². The number of fused-ring (bicyclic) bond motifs is 1. The van der Waals surface area contributed by atoms with Crippen molar-refractivity contribution in [3.63, 3.8) is 0 Å². The molecule has 2 saturated carbocycles. The van der Waals surface area contributed by atoms with Crippen LogP contribution >= 0.6 is 0 Å². The molecule has 58 valence electrons. The van der Waals surface area contributed by atoms with E-state index in [-0.39, 0.29) is 11.2 Å². The van der Waals surface area contributed by atoms with Crippen LogP contribution in [0, 0.1) is 0 Å². The zero-order valence-electron chi connectivity index (χ0n) is 6.35. The van der Waals surface area contributed by atoms with Gasteiger partial charge in [-0.05, 0) is 12.8 Å². The third-order valence-electron chi connectivity index (χ3n) is 3.08. The second-order valence-electron chi connectivity index (χ2n) is 3.58. The molecule has 2 nitrogen and oxygen atoms in total. The minimum Gasteiger partial charge on any atom is -0.410 e. The van der Waals surface area contributed by atoms with Crippen LogP contribution in [-0.2, 0) is 8.85 Å². The summed E-state index contributed by atoms with van der Waals surface area (Å²) in [5, 5.41) is 0. The van der Waals surface area contributed by atoms with Gasteiger partial charge in [0.1, 0.15) is 0 Å². The van der Waals surface area contributed by atoms with Crippen molar-refractivity contribution >= 4 is 21.0 Å². The Morgan fingerprint density at radius 1 is 0.909 bits per heavy atom. The highest BCUT2D eigenvalue weighted by Crippen LogP contribution is 2.61. The van der Waals surface area contributed by atoms with Crippen LogP contribution < -0.4 is 0 Å². The second-order valence-corrected chi connectivity index (χ2v) is 3.98. The molecule has 2 aliphatic rings. The van der Waals surface area contributed by atoms with Crippen LogP contribution in [0.25, 0.3) is 0 Å². The summed E-state index contributed by atoms with van der Waals surface area (Å²) in [6.07, 6.45) is 5.75. The second kappa shape index (κ2) is 2.42. The number of hydrogen-bond acceptors (Lipinski definition) is 2. The van der Waals surface area contributed by atoms with Crippen molar-refractivity contribution in [3.8, 4) is 0 Å². The molecule has 2 rings (SSSR count). The first kappa shape index (κ1) is 7.98. The Bertz CT molecular complexity index is 158. The molecule has 0 aliphatic heterocycles. The zero-order valence-corrected chi connectivity index (χ0v) is 8.35. The average molecular weight is 182 g/mol. The summed E-state index contributed by atoms with van der Waals surface area (Å²) in [4.78, 5) is 0. The van der Waals surface area contributed by atoms with E-state index in [2.05, 4.69) is 21.0 Å². The highest BCUT2D eigenvalue weighted by molar-refractivity contribution is 6.00. The maximum Gasteiger partial charge on any atom is 0.247 e. The number of rotatable bonds is 2. The smallest absolute Gasteiger partial charge is 0.247 e. The van der Waals surface area contributed by atoms with E-state index >= 15 is 0 Å². The Morgan fingerprint density at radius 3 is 1.73 bits per heavy atom. The van der Waals surface area contributed by atoms with Gasteiger partial charge in [-0.25, -0.2) is 0 Å². The predicted octanol–water partition coefficient (Wildman–Crippen LogP) is 0.642. The van der Waals surface area contributed by atoms with Crippen molar-refractivity contribution < 1.29 is 8.85 Å². The van der Waals surface area contributed by atoms with E-state index < -0.39 is 0 Å². The maximum atomic E-state index is 5.30. The average Bonchev–Trinajstić information content (AvgIpc) is 2.75. The van der Waals surface area contributed by atoms with Crippen molar-refractivity contribution in [2.24, 2.45) is 0 Å². The molecule has 0 N–H and O–H groups in total. The third kappa shape index (κ3) is 0.899. The van der Waals surface area contributed by atoms with E-state index in [9.17, 15) is 0 Å². The van der Waals surface area contributed by atoms with Crippen LogP contribution in [0.1, 0.15) is 32.1 Å². The Balaban J connectivity index is 2.13. The van der Waals surface area contributed by atoms with Gasteiger partial charge < -0.3 is 8.85 Å². The fourth-order valence-electron chi connectivity index (χ4n) is 2.23. The van der Waals surface area contributed by atoms with Crippen LogP contribution in [-0.4, -0.2) is 32.2 Å². The molecule has 0 aromatic rings. The van der Waals surface area contributed by atoms with Gasteiger partial charge in [-0.15, -0.1) is 0 Å². The molecule has 4 heteroatoms. The topological polar surface area (TPSA) is 18.5 Å². The first-order valence-corrected chi connectivity index (χ1v) is 4.80. The molecule has 0 saturated heterocycles. The predicted molar refractivity (Wildman–Crippen MR) is 42.2 cm³/mol. The Morgan fingerprint density at radius 2 is 1.36 bits per heavy atom. The summed E-state index contributed by atoms with van der Waals surface area (Å²) < 4.78 is 10.6. The molecule has 0 aromatic carbocycles. The lowest BCUT2D eigenvalue weighted by atomic mass is 9.95. The van der Waals surface area contributed by atoms with Crippen LogP contribution in [0.5, 0.6) is 0 Å². The molecule has 2 atom stereocenters. The maximum absolute atomic E-state index is 5.30. The molecule has 2 aliphatic carbocycles. The first-order chi connectivity index (χ1) is 5.29. The van der Waals surface area contributed by atoms with Gasteiger partial charge >= 0.3 is 0 Å². The third-order valence-corrected chi connectivity index (χ3v) is 3.86. The van der Waals surface area contributed by atoms with E-state index in [1.807, 2.05) is 0 Å². The normalized spacial score (nSPS) is 48.5. The molecule has 2 fully saturated rings. The highest BCUT2D eigenvalue weighted by atomic mass is 28.2. The molecule has 2 unspecified atom stereocenters. The molecular formula is C7H10O2Si2. The SMILES string of the molecule is [Si]OC12CCCCC1(O[Si])C2. The summed E-state index contributed by atoms with van der Waals surface area (Å²) >= 11 is 0. The van der Waals surface area contributed by atoms with Crippen LogP contribution in [0.4, 0.5) is 0 Å². The van der Waals surface area contributed by atoms with Crippen LogP contribution in [0.3, 0.4) is 0 Å². The van der Waals surface area contributed by atoms with Gasteiger partial charge in [0.05, 0.1) is 11.2 Å². The van der Waals surface area contributed by atoms with Gasteiger partial charge in [0, 0.05) is 6.42 Å². The molecule has 6 radical (unpaired) electrons. The molecule has 0 bridgehead atoms. The van der Waals surface area contributed by atoms with Crippen LogP contribution in [0.2, 0.25) is 0 Å². The summed E-state index contributed by atoms with van der Waals surface area (Å²) in [5.74, 6) is 0. The van der Waals surface area contributed by atoms with E-state index in [1.165, 1.54) is 12.8 Å². The van der Waals surface area contributed by atoms with E-state index in [4.69, 9.17) is 8.85 Å². The molecular weight excluding hydrogens is 172 g/mol. The standard InChI is InChI=1S/C7H10O2Si2/c10-8-6-3-1-2-4-7(6,5-6)9-11/h1-5H2. The van der Waals surface area contributed by atoms with Gasteiger partial charge in [-0.1, -0.05) is 12.8 Å². The van der Waals surface area contributed by atoms with E-state index in [0.717, 1.165) is 19.3 Å². The monoisotopic (exact) mass is 182 g/mol. The lowest BCUT2D eigenvalue weighted by Crippen LogP contribution is -2.33. The van der Waals surface area contributed by atoms with Gasteiger partial charge in [0.2, 0.25) is 21.0 Å². The molecule has 0 heterocycles. The van der Waals surface area contributed by atoms with Crippen molar-refractivity contribution in [2.45, 2.75) is 43.3 Å². The fraction of sp³-hybridized carbons (Fsp3) is 1.00. The van der Waals surface area contributed by atoms with E-state index in [0.29, 0.717) is 0 Å². The summed E-state index contributed by atoms with van der Waals surface area (Å²) in [7, 11) is 6.26. The van der Waals surface area contributed by atoms with Gasteiger partial charge in [0.25, 0.3) is 0 Å². The summed E-state index contributed by atoms with van der Waals surface area (Å²) in [6, 6.07) is 0. The minimum absolute atomic E-state index is 0.0239. The molecule has 11 heavy (non-hydrogen) atoms. The van der Waals surface area contributed by atoms with Gasteiger partial charge in [-0.2, -0.15) is 0 Å². The van der Waals surface area contributed by atoms with Crippen LogP contribution in [0.15, 0.2) is 0 Å². The molecule has 0 spiro atoms. The first-order valence-electron chi connectivity index (χ1n) is 3.98. The Kier molecular flexibility index (Phi) is 1.75. The lowest BCUT2D eigenvalue weighted by molar-refractivity contribution is 0.0337. The quantitative estimate of drug-likeness (QED) is 0.584. The summed E-state index contributed by atoms with van der Waals surface area (Å²) in [5.41, 5.74) is -0.0478.